The van der Waals surface area contributed by atoms with E-state index in [2.05, 4.69) is 14.8 Å². The van der Waals surface area contributed by atoms with Crippen molar-refractivity contribution in [3.05, 3.63) is 44.1 Å². The van der Waals surface area contributed by atoms with E-state index in [0.717, 1.165) is 15.6 Å². The maximum atomic E-state index is 11.5. The monoisotopic (exact) mass is 281 g/mol. The fourth-order valence-corrected chi connectivity index (χ4v) is 3.04. The molecule has 0 fully saturated rings. The number of ether oxygens (including phenoxy) is 1. The summed E-state index contributed by atoms with van der Waals surface area (Å²) in [5.41, 5.74) is 9.14. The molecule has 1 aromatic heterocycles. The molecule has 7 heteroatoms. The number of esters is 1. The highest BCUT2D eigenvalue weighted by Gasteiger charge is 2.17. The quantitative estimate of drug-likeness (QED) is 0.367. The molecule has 0 spiro atoms. The summed E-state index contributed by atoms with van der Waals surface area (Å²) in [6.07, 6.45) is 0. The summed E-state index contributed by atoms with van der Waals surface area (Å²) in [6.45, 7) is 0.273. The number of hydrogen-bond acceptors (Lipinski definition) is 4. The molecule has 0 N–H and O–H groups in total. The van der Waals surface area contributed by atoms with E-state index in [1.807, 2.05) is 18.2 Å². The molecular weight excluding hydrogens is 274 g/mol. The summed E-state index contributed by atoms with van der Waals surface area (Å²) in [7, 11) is 1.32. The third kappa shape index (κ3) is 2.26. The number of carbonyl (C=O) groups excluding carboxylic acids is 1. The van der Waals surface area contributed by atoms with Crippen LogP contribution in [0.3, 0.4) is 0 Å². The highest BCUT2D eigenvalue weighted by molar-refractivity contribution is 7.21. The number of carbonyl (C=O) groups is 1. The molecule has 2 rings (SSSR count). The van der Waals surface area contributed by atoms with Gasteiger partial charge in [-0.25, -0.2) is 4.79 Å². The summed E-state index contributed by atoms with van der Waals surface area (Å²) in [6, 6.07) is 5.48. The molecule has 0 radical (unpaired) electrons. The highest BCUT2D eigenvalue weighted by Crippen LogP contribution is 2.36. The molecule has 18 heavy (non-hydrogen) atoms. The first-order valence-electron chi connectivity index (χ1n) is 4.97. The second-order valence-corrected chi connectivity index (χ2v) is 4.89. The second-order valence-electron chi connectivity index (χ2n) is 3.46. The van der Waals surface area contributed by atoms with Crippen molar-refractivity contribution in [1.82, 2.24) is 0 Å². The van der Waals surface area contributed by atoms with Crippen molar-refractivity contribution in [2.75, 3.05) is 7.11 Å². The summed E-state index contributed by atoms with van der Waals surface area (Å²) in [5.74, 6) is -0.446. The van der Waals surface area contributed by atoms with Crippen molar-refractivity contribution in [3.63, 3.8) is 0 Å². The molecule has 1 heterocycles. The lowest BCUT2D eigenvalue weighted by atomic mass is 10.2. The minimum absolute atomic E-state index is 0.273. The molecule has 0 unspecified atom stereocenters. The number of halogens is 1. The Morgan fingerprint density at radius 1 is 1.61 bits per heavy atom. The molecule has 0 aliphatic carbocycles. The molecule has 0 atom stereocenters. The standard InChI is InChI=1S/C11H8ClN3O2S/c1-17-11(16)10-9(12)7-3-2-6(5-14-15-13)4-8(7)18-10/h2-4H,5H2,1H3. The zero-order valence-corrected chi connectivity index (χ0v) is 11.0. The maximum Gasteiger partial charge on any atom is 0.349 e. The van der Waals surface area contributed by atoms with Crippen LogP contribution in [0.5, 0.6) is 0 Å². The molecule has 0 amide bonds. The molecule has 0 bridgehead atoms. The van der Waals surface area contributed by atoms with Crippen LogP contribution >= 0.6 is 22.9 Å². The zero-order chi connectivity index (χ0) is 13.1. The fraction of sp³-hybridized carbons (Fsp3) is 0.182. The number of rotatable bonds is 3. The van der Waals surface area contributed by atoms with Gasteiger partial charge in [-0.2, -0.15) is 0 Å². The number of thiophene rings is 1. The number of azide groups is 1. The topological polar surface area (TPSA) is 75.1 Å². The molecule has 0 aliphatic heterocycles. The summed E-state index contributed by atoms with van der Waals surface area (Å²) < 4.78 is 5.53. The van der Waals surface area contributed by atoms with E-state index in [0.29, 0.717) is 9.90 Å². The molecule has 2 aromatic rings. The van der Waals surface area contributed by atoms with Crippen LogP contribution in [-0.2, 0) is 11.3 Å². The Bertz CT molecular complexity index is 662. The zero-order valence-electron chi connectivity index (χ0n) is 9.38. The van der Waals surface area contributed by atoms with Gasteiger partial charge in [-0.05, 0) is 17.2 Å². The van der Waals surface area contributed by atoms with Crippen molar-refractivity contribution in [1.29, 1.82) is 0 Å². The first kappa shape index (κ1) is 12.7. The predicted octanol–water partition coefficient (Wildman–Crippen LogP) is 4.15. The van der Waals surface area contributed by atoms with Gasteiger partial charge in [-0.15, -0.1) is 11.3 Å². The lowest BCUT2D eigenvalue weighted by molar-refractivity contribution is 0.0606. The van der Waals surface area contributed by atoms with Gasteiger partial charge in [-0.1, -0.05) is 28.8 Å². The number of hydrogen-bond donors (Lipinski definition) is 0. The Labute approximate surface area is 112 Å². The molecule has 1 aromatic carbocycles. The highest BCUT2D eigenvalue weighted by atomic mass is 35.5. The first-order chi connectivity index (χ1) is 8.67. The van der Waals surface area contributed by atoms with E-state index in [4.69, 9.17) is 17.1 Å². The number of fused-ring (bicyclic) bond motifs is 1. The lowest BCUT2D eigenvalue weighted by Crippen LogP contribution is -1.97. The lowest BCUT2D eigenvalue weighted by Gasteiger charge is -1.95. The normalized spacial score (nSPS) is 10.1. The van der Waals surface area contributed by atoms with Crippen LogP contribution in [-0.4, -0.2) is 13.1 Å². The smallest absolute Gasteiger partial charge is 0.349 e. The van der Waals surface area contributed by atoms with E-state index >= 15 is 0 Å². The third-order valence-corrected chi connectivity index (χ3v) is 4.02. The minimum atomic E-state index is -0.446. The van der Waals surface area contributed by atoms with Crippen LogP contribution in [0, 0.1) is 0 Å². The number of benzene rings is 1. The average Bonchev–Trinajstić information content (AvgIpc) is 2.72. The van der Waals surface area contributed by atoms with Crippen LogP contribution in [0.25, 0.3) is 20.5 Å². The van der Waals surface area contributed by atoms with Gasteiger partial charge < -0.3 is 4.74 Å². The first-order valence-corrected chi connectivity index (χ1v) is 6.17. The van der Waals surface area contributed by atoms with Crippen LogP contribution in [0.1, 0.15) is 15.2 Å². The van der Waals surface area contributed by atoms with Gasteiger partial charge in [0.2, 0.25) is 0 Å². The Kier molecular flexibility index (Phi) is 3.72. The van der Waals surface area contributed by atoms with Gasteiger partial charge in [-0.3, -0.25) is 0 Å². The average molecular weight is 282 g/mol. The Hall–Kier alpha value is -1.75. The summed E-state index contributed by atoms with van der Waals surface area (Å²) in [5, 5.41) is 4.69. The van der Waals surface area contributed by atoms with Gasteiger partial charge in [0.15, 0.2) is 0 Å². The van der Waals surface area contributed by atoms with E-state index in [1.54, 1.807) is 0 Å². The Morgan fingerprint density at radius 3 is 3.06 bits per heavy atom. The van der Waals surface area contributed by atoms with Gasteiger partial charge in [0.25, 0.3) is 0 Å². The minimum Gasteiger partial charge on any atom is -0.465 e. The van der Waals surface area contributed by atoms with Crippen molar-refractivity contribution >= 4 is 39.0 Å². The maximum absolute atomic E-state index is 11.5. The van der Waals surface area contributed by atoms with Crippen molar-refractivity contribution in [2.24, 2.45) is 5.11 Å². The molecular formula is C11H8ClN3O2S. The van der Waals surface area contributed by atoms with Gasteiger partial charge in [0.1, 0.15) is 4.88 Å². The van der Waals surface area contributed by atoms with Crippen molar-refractivity contribution < 1.29 is 9.53 Å². The summed E-state index contributed by atoms with van der Waals surface area (Å²) in [4.78, 5) is 14.6. The van der Waals surface area contributed by atoms with E-state index in [9.17, 15) is 4.79 Å². The van der Waals surface area contributed by atoms with Gasteiger partial charge >= 0.3 is 5.97 Å². The van der Waals surface area contributed by atoms with Crippen LogP contribution in [0.2, 0.25) is 5.02 Å². The molecule has 0 saturated carbocycles. The molecule has 5 nitrogen and oxygen atoms in total. The number of methoxy groups -OCH3 is 1. The Morgan fingerprint density at radius 2 is 2.39 bits per heavy atom. The van der Waals surface area contributed by atoms with Crippen LogP contribution in [0.4, 0.5) is 0 Å². The molecule has 92 valence electrons. The van der Waals surface area contributed by atoms with Crippen LogP contribution in [0.15, 0.2) is 23.3 Å². The fourth-order valence-electron chi connectivity index (χ4n) is 1.55. The molecule has 0 saturated heterocycles. The Balaban J connectivity index is 2.51. The molecule has 0 aliphatic rings. The number of nitrogens with zero attached hydrogens (tertiary/aromatic N) is 3. The SMILES string of the molecule is COC(=O)c1sc2cc(CN=[N+]=[N-])ccc2c1Cl. The van der Waals surface area contributed by atoms with Gasteiger partial charge in [0, 0.05) is 15.0 Å². The third-order valence-electron chi connectivity index (χ3n) is 2.38. The largest absolute Gasteiger partial charge is 0.465 e. The van der Waals surface area contributed by atoms with E-state index in [-0.39, 0.29) is 6.54 Å². The summed E-state index contributed by atoms with van der Waals surface area (Å²) >= 11 is 7.38. The van der Waals surface area contributed by atoms with E-state index in [1.165, 1.54) is 18.4 Å². The van der Waals surface area contributed by atoms with Crippen molar-refractivity contribution in [2.45, 2.75) is 6.54 Å². The van der Waals surface area contributed by atoms with Crippen LogP contribution < -0.4 is 0 Å². The predicted molar refractivity (Wildman–Crippen MR) is 71.0 cm³/mol. The van der Waals surface area contributed by atoms with Gasteiger partial charge in [0.05, 0.1) is 18.7 Å². The van der Waals surface area contributed by atoms with E-state index < -0.39 is 5.97 Å². The van der Waals surface area contributed by atoms with Crippen molar-refractivity contribution in [3.8, 4) is 0 Å². The second kappa shape index (κ2) is 5.27.